The summed E-state index contributed by atoms with van der Waals surface area (Å²) < 4.78 is 0. The van der Waals surface area contributed by atoms with Crippen LogP contribution in [-0.2, 0) is 13.0 Å². The number of likely N-dealkylation sites (tertiary alicyclic amines) is 1. The van der Waals surface area contributed by atoms with Gasteiger partial charge in [-0.1, -0.05) is 48.5 Å². The first-order valence-electron chi connectivity index (χ1n) is 10.9. The monoisotopic (exact) mass is 406 g/mol. The van der Waals surface area contributed by atoms with Crippen molar-refractivity contribution in [1.29, 1.82) is 0 Å². The lowest BCUT2D eigenvalue weighted by Crippen LogP contribution is -2.36. The Morgan fingerprint density at radius 3 is 2.67 bits per heavy atom. The number of carbonyl (C=O) groups is 2. The molecule has 1 aliphatic heterocycles. The minimum atomic E-state index is -0.890. The zero-order valence-electron chi connectivity index (χ0n) is 17.6. The van der Waals surface area contributed by atoms with Crippen LogP contribution in [0.4, 0.5) is 4.79 Å². The van der Waals surface area contributed by atoms with Gasteiger partial charge in [0.15, 0.2) is 5.78 Å². The van der Waals surface area contributed by atoms with E-state index in [9.17, 15) is 14.7 Å². The standard InChI is InChI=1S/C25H30N2O3/c1-26(25(29)30)17-19-9-5-10-21-20(19)12-13-23-22(21)14-16-27(23)15-6-11-24(28)18-7-3-2-4-8-18/h2-5,7-10,22-23H,6,11-17H2,1H3,(H,29,30)/t22-,23+/m1/s1. The molecule has 0 bridgehead atoms. The third-order valence-electron chi connectivity index (χ3n) is 6.74. The van der Waals surface area contributed by atoms with Crippen molar-refractivity contribution < 1.29 is 14.7 Å². The van der Waals surface area contributed by atoms with E-state index in [-0.39, 0.29) is 5.78 Å². The molecule has 1 saturated heterocycles. The van der Waals surface area contributed by atoms with Crippen LogP contribution in [0, 0.1) is 0 Å². The fourth-order valence-electron chi connectivity index (χ4n) is 5.22. The molecule has 1 fully saturated rings. The van der Waals surface area contributed by atoms with Crippen molar-refractivity contribution in [2.45, 2.75) is 50.6 Å². The average molecular weight is 407 g/mol. The van der Waals surface area contributed by atoms with Crippen LogP contribution in [0.25, 0.3) is 0 Å². The molecule has 2 aliphatic rings. The summed E-state index contributed by atoms with van der Waals surface area (Å²) in [5.74, 6) is 0.751. The lowest BCUT2D eigenvalue weighted by Gasteiger charge is -2.34. The van der Waals surface area contributed by atoms with Crippen molar-refractivity contribution in [2.24, 2.45) is 0 Å². The van der Waals surface area contributed by atoms with Gasteiger partial charge in [0, 0.05) is 37.5 Å². The summed E-state index contributed by atoms with van der Waals surface area (Å²) in [5.41, 5.74) is 4.71. The highest BCUT2D eigenvalue weighted by molar-refractivity contribution is 5.95. The molecular weight excluding hydrogens is 376 g/mol. The molecule has 0 aromatic heterocycles. The molecule has 2 atom stereocenters. The van der Waals surface area contributed by atoms with Gasteiger partial charge in [-0.05, 0) is 55.5 Å². The van der Waals surface area contributed by atoms with Crippen LogP contribution in [0.3, 0.4) is 0 Å². The summed E-state index contributed by atoms with van der Waals surface area (Å²) in [7, 11) is 1.63. The largest absolute Gasteiger partial charge is 0.465 e. The van der Waals surface area contributed by atoms with Crippen molar-refractivity contribution in [2.75, 3.05) is 20.1 Å². The van der Waals surface area contributed by atoms with E-state index in [1.807, 2.05) is 30.3 Å². The topological polar surface area (TPSA) is 60.9 Å². The maximum atomic E-state index is 12.4. The predicted octanol–water partition coefficient (Wildman–Crippen LogP) is 4.56. The molecule has 4 rings (SSSR count). The van der Waals surface area contributed by atoms with Crippen LogP contribution in [0.5, 0.6) is 0 Å². The summed E-state index contributed by atoms with van der Waals surface area (Å²) in [4.78, 5) is 27.5. The number of hydrogen-bond acceptors (Lipinski definition) is 3. The highest BCUT2D eigenvalue weighted by Gasteiger charge is 2.38. The van der Waals surface area contributed by atoms with Gasteiger partial charge in [-0.3, -0.25) is 9.69 Å². The van der Waals surface area contributed by atoms with Gasteiger partial charge in [0.05, 0.1) is 0 Å². The molecule has 5 heteroatoms. The van der Waals surface area contributed by atoms with Crippen LogP contribution in [0.2, 0.25) is 0 Å². The highest BCUT2D eigenvalue weighted by atomic mass is 16.4. The average Bonchev–Trinajstić information content (AvgIpc) is 3.18. The number of fused-ring (bicyclic) bond motifs is 3. The Morgan fingerprint density at radius 2 is 1.90 bits per heavy atom. The number of amides is 1. The number of nitrogens with zero attached hydrogens (tertiary/aromatic N) is 2. The fraction of sp³-hybridized carbons (Fsp3) is 0.440. The zero-order valence-corrected chi connectivity index (χ0v) is 17.6. The molecule has 158 valence electrons. The summed E-state index contributed by atoms with van der Waals surface area (Å²) in [6.45, 7) is 2.49. The Labute approximate surface area is 178 Å². The van der Waals surface area contributed by atoms with Crippen LogP contribution >= 0.6 is 0 Å². The van der Waals surface area contributed by atoms with Crippen LogP contribution in [0.15, 0.2) is 48.5 Å². The van der Waals surface area contributed by atoms with Crippen LogP contribution < -0.4 is 0 Å². The minimum absolute atomic E-state index is 0.229. The van der Waals surface area contributed by atoms with E-state index in [1.54, 1.807) is 7.05 Å². The summed E-state index contributed by atoms with van der Waals surface area (Å²) >= 11 is 0. The van der Waals surface area contributed by atoms with Crippen molar-refractivity contribution >= 4 is 11.9 Å². The molecule has 1 amide bonds. The van der Waals surface area contributed by atoms with Crippen molar-refractivity contribution in [3.8, 4) is 0 Å². The first kappa shape index (κ1) is 20.6. The molecule has 2 aromatic carbocycles. The first-order valence-corrected chi connectivity index (χ1v) is 10.9. The number of carboxylic acid groups (broad SMARTS) is 1. The fourth-order valence-corrected chi connectivity index (χ4v) is 5.22. The summed E-state index contributed by atoms with van der Waals surface area (Å²) in [6, 6.07) is 16.5. The molecule has 1 heterocycles. The van der Waals surface area contributed by atoms with Gasteiger partial charge < -0.3 is 10.0 Å². The van der Waals surface area contributed by atoms with E-state index < -0.39 is 6.09 Å². The second-order valence-electron chi connectivity index (χ2n) is 8.55. The van der Waals surface area contributed by atoms with Crippen molar-refractivity contribution in [3.63, 3.8) is 0 Å². The smallest absolute Gasteiger partial charge is 0.407 e. The molecule has 0 saturated carbocycles. The summed E-state index contributed by atoms with van der Waals surface area (Å²) in [6.07, 6.45) is 3.85. The second kappa shape index (κ2) is 9.00. The molecule has 1 N–H and O–H groups in total. The van der Waals surface area contributed by atoms with Gasteiger partial charge in [0.2, 0.25) is 0 Å². The normalized spacial score (nSPS) is 20.4. The molecule has 0 spiro atoms. The quantitative estimate of drug-likeness (QED) is 0.685. The van der Waals surface area contributed by atoms with E-state index in [0.29, 0.717) is 24.9 Å². The van der Waals surface area contributed by atoms with Gasteiger partial charge in [-0.15, -0.1) is 0 Å². The van der Waals surface area contributed by atoms with Crippen molar-refractivity contribution in [1.82, 2.24) is 9.80 Å². The SMILES string of the molecule is CN(Cc1cccc2c1CC[C@H]1[C@@H]2CCN1CCCC(=O)c1ccccc1)C(=O)O. The minimum Gasteiger partial charge on any atom is -0.465 e. The second-order valence-corrected chi connectivity index (χ2v) is 8.55. The van der Waals surface area contributed by atoms with Gasteiger partial charge in [0.25, 0.3) is 0 Å². The first-order chi connectivity index (χ1) is 14.5. The Morgan fingerprint density at radius 1 is 1.10 bits per heavy atom. The number of hydrogen-bond donors (Lipinski definition) is 1. The molecule has 30 heavy (non-hydrogen) atoms. The van der Waals surface area contributed by atoms with Crippen LogP contribution in [-0.4, -0.2) is 53.0 Å². The van der Waals surface area contributed by atoms with Crippen molar-refractivity contribution in [3.05, 3.63) is 70.8 Å². The van der Waals surface area contributed by atoms with E-state index in [0.717, 1.165) is 49.9 Å². The van der Waals surface area contributed by atoms with E-state index >= 15 is 0 Å². The molecule has 0 radical (unpaired) electrons. The van der Waals surface area contributed by atoms with Gasteiger partial charge in [0.1, 0.15) is 0 Å². The number of Topliss-reactive ketones (excluding diaryl/α,β-unsaturated/α-hetero) is 1. The number of ketones is 1. The van der Waals surface area contributed by atoms with Gasteiger partial charge in [-0.25, -0.2) is 4.79 Å². The Hall–Kier alpha value is -2.66. The maximum absolute atomic E-state index is 12.4. The lowest BCUT2D eigenvalue weighted by atomic mass is 9.77. The third kappa shape index (κ3) is 4.26. The number of carbonyl (C=O) groups excluding carboxylic acids is 1. The maximum Gasteiger partial charge on any atom is 0.407 e. The Kier molecular flexibility index (Phi) is 6.18. The van der Waals surface area contributed by atoms with Gasteiger partial charge in [-0.2, -0.15) is 0 Å². The highest BCUT2D eigenvalue weighted by Crippen LogP contribution is 2.42. The number of benzene rings is 2. The van der Waals surface area contributed by atoms with Gasteiger partial charge >= 0.3 is 6.09 Å². The Bertz CT molecular complexity index is 912. The summed E-state index contributed by atoms with van der Waals surface area (Å²) in [5, 5.41) is 9.22. The van der Waals surface area contributed by atoms with E-state index in [1.165, 1.54) is 16.0 Å². The predicted molar refractivity (Wildman–Crippen MR) is 117 cm³/mol. The van der Waals surface area contributed by atoms with E-state index in [2.05, 4.69) is 23.1 Å². The lowest BCUT2D eigenvalue weighted by molar-refractivity contribution is 0.0972. The Balaban J connectivity index is 1.38. The third-order valence-corrected chi connectivity index (χ3v) is 6.74. The number of rotatable bonds is 7. The zero-order chi connectivity index (χ0) is 21.1. The molecule has 2 aromatic rings. The molecular formula is C25H30N2O3. The molecule has 1 aliphatic carbocycles. The van der Waals surface area contributed by atoms with E-state index in [4.69, 9.17) is 0 Å². The molecule has 0 unspecified atom stereocenters. The molecule has 5 nitrogen and oxygen atoms in total. The van der Waals surface area contributed by atoms with Crippen LogP contribution in [0.1, 0.15) is 58.6 Å².